The van der Waals surface area contributed by atoms with Crippen LogP contribution in [0.1, 0.15) is 31.4 Å². The number of imidazole rings is 1. The molecule has 37 heavy (non-hydrogen) atoms. The zero-order valence-electron chi connectivity index (χ0n) is 21.5. The molecule has 2 aromatic heterocycles. The van der Waals surface area contributed by atoms with Crippen LogP contribution in [0.15, 0.2) is 61.4 Å². The molecule has 0 atom stereocenters. The lowest BCUT2D eigenvalue weighted by molar-refractivity contribution is 0.597. The highest BCUT2D eigenvalue weighted by molar-refractivity contribution is 6.14. The first-order valence-electron chi connectivity index (χ1n) is 12.2. The van der Waals surface area contributed by atoms with E-state index < -0.39 is 5.82 Å². The minimum Gasteiger partial charge on any atom is -0.385 e. The molecule has 2 N–H and O–H groups in total. The Morgan fingerprint density at radius 2 is 1.92 bits per heavy atom. The highest BCUT2D eigenvalue weighted by atomic mass is 19.1. The van der Waals surface area contributed by atoms with Gasteiger partial charge in [-0.1, -0.05) is 43.1 Å². The molecule has 9 heteroatoms. The van der Waals surface area contributed by atoms with E-state index in [-0.39, 0.29) is 5.31 Å². The van der Waals surface area contributed by atoms with Crippen LogP contribution in [0.3, 0.4) is 0 Å². The van der Waals surface area contributed by atoms with Gasteiger partial charge >= 0.3 is 0 Å². The normalized spacial score (nSPS) is 11.8. The number of para-hydroxylation sites is 1. The zero-order valence-corrected chi connectivity index (χ0v) is 21.5. The van der Waals surface area contributed by atoms with Crippen LogP contribution in [0.5, 0.6) is 0 Å². The summed E-state index contributed by atoms with van der Waals surface area (Å²) in [5, 5.41) is 14.9. The maximum Gasteiger partial charge on any atom is 0.175 e. The molecule has 2 radical (unpaired) electrons. The maximum atomic E-state index is 15.9. The minimum absolute atomic E-state index is 0.299. The summed E-state index contributed by atoms with van der Waals surface area (Å²) in [7, 11) is 7.97. The van der Waals surface area contributed by atoms with E-state index in [1.165, 1.54) is 0 Å². The van der Waals surface area contributed by atoms with E-state index in [1.807, 2.05) is 76.3 Å². The fraction of sp³-hybridized carbons (Fsp3) is 0.250. The van der Waals surface area contributed by atoms with Crippen LogP contribution in [0.2, 0.25) is 5.31 Å². The van der Waals surface area contributed by atoms with Crippen molar-refractivity contribution in [3.05, 3.63) is 78.4 Å². The van der Waals surface area contributed by atoms with Gasteiger partial charge in [0.15, 0.2) is 5.82 Å². The Bertz CT molecular complexity index is 1630. The molecule has 0 aliphatic heterocycles. The van der Waals surface area contributed by atoms with Crippen molar-refractivity contribution in [2.75, 3.05) is 11.9 Å². The smallest absolute Gasteiger partial charge is 0.175 e. The first kappa shape index (κ1) is 24.6. The van der Waals surface area contributed by atoms with Crippen molar-refractivity contribution in [3.8, 4) is 5.69 Å². The van der Waals surface area contributed by atoms with Gasteiger partial charge in [0.05, 0.1) is 36.6 Å². The van der Waals surface area contributed by atoms with Gasteiger partial charge in [-0.3, -0.25) is 0 Å². The lowest BCUT2D eigenvalue weighted by Gasteiger charge is -2.21. The van der Waals surface area contributed by atoms with Crippen LogP contribution < -0.4 is 10.6 Å². The Hall–Kier alpha value is -4.14. The molecule has 2 heterocycles. The quantitative estimate of drug-likeness (QED) is 0.267. The van der Waals surface area contributed by atoms with Gasteiger partial charge in [0, 0.05) is 30.5 Å². The van der Waals surface area contributed by atoms with E-state index in [9.17, 15) is 0 Å². The number of aryl methyl sites for hydroxylation is 2. The van der Waals surface area contributed by atoms with Gasteiger partial charge in [-0.15, -0.1) is 5.10 Å². The molecular weight excluding hydrogens is 464 g/mol. The van der Waals surface area contributed by atoms with Gasteiger partial charge in [0.1, 0.15) is 11.0 Å². The van der Waals surface area contributed by atoms with Crippen molar-refractivity contribution in [1.82, 2.24) is 29.9 Å². The Morgan fingerprint density at radius 1 is 1.14 bits per heavy atom. The highest BCUT2D eigenvalue weighted by Gasteiger charge is 2.20. The van der Waals surface area contributed by atoms with Gasteiger partial charge in [-0.2, -0.15) is 0 Å². The maximum absolute atomic E-state index is 15.9. The van der Waals surface area contributed by atoms with E-state index in [0.717, 1.165) is 34.4 Å². The molecular formula is C28H29BFN7. The van der Waals surface area contributed by atoms with E-state index in [2.05, 4.69) is 32.5 Å². The van der Waals surface area contributed by atoms with Crippen molar-refractivity contribution in [2.24, 2.45) is 7.05 Å². The number of nitrogens with one attached hydrogen (secondary N) is 2. The van der Waals surface area contributed by atoms with Crippen molar-refractivity contribution in [3.63, 3.8) is 0 Å². The van der Waals surface area contributed by atoms with Crippen molar-refractivity contribution >= 4 is 47.0 Å². The Kier molecular flexibility index (Phi) is 6.23. The summed E-state index contributed by atoms with van der Waals surface area (Å²) in [6.07, 6.45) is 2.35. The molecule has 0 spiro atoms. The summed E-state index contributed by atoms with van der Waals surface area (Å²) in [6.45, 7) is 10.7. The molecule has 0 amide bonds. The molecule has 0 saturated carbocycles. The molecule has 3 aromatic carbocycles. The van der Waals surface area contributed by atoms with Gasteiger partial charge in [-0.05, 0) is 55.3 Å². The SMILES string of the molecule is [B]C(C)(C)CCNC(=C)c1cc2c(ncn2C)c(F)c1Nc1ccc(-n2nnc3ccccc32)cc1C. The topological polar surface area (TPSA) is 72.6 Å². The number of hydrogen-bond acceptors (Lipinski definition) is 5. The minimum atomic E-state index is -0.430. The van der Waals surface area contributed by atoms with Gasteiger partial charge in [0.25, 0.3) is 0 Å². The predicted molar refractivity (Wildman–Crippen MR) is 149 cm³/mol. The molecule has 0 fully saturated rings. The van der Waals surface area contributed by atoms with Crippen LogP contribution in [-0.4, -0.2) is 38.9 Å². The first-order valence-corrected chi connectivity index (χ1v) is 12.2. The summed E-state index contributed by atoms with van der Waals surface area (Å²) in [4.78, 5) is 4.28. The molecule has 7 nitrogen and oxygen atoms in total. The Labute approximate surface area is 216 Å². The molecule has 0 unspecified atom stereocenters. The number of rotatable bonds is 8. The number of hydrogen-bond donors (Lipinski definition) is 2. The second kappa shape index (κ2) is 9.39. The largest absolute Gasteiger partial charge is 0.385 e. The molecule has 5 rings (SSSR count). The van der Waals surface area contributed by atoms with Crippen LogP contribution in [0.4, 0.5) is 15.8 Å². The van der Waals surface area contributed by atoms with Gasteiger partial charge in [-0.25, -0.2) is 14.1 Å². The van der Waals surface area contributed by atoms with Crippen molar-refractivity contribution in [2.45, 2.75) is 32.5 Å². The zero-order chi connectivity index (χ0) is 26.3. The van der Waals surface area contributed by atoms with Crippen LogP contribution in [0, 0.1) is 12.7 Å². The molecule has 0 bridgehead atoms. The van der Waals surface area contributed by atoms with E-state index in [4.69, 9.17) is 7.85 Å². The number of halogens is 1. The molecule has 0 aliphatic carbocycles. The Morgan fingerprint density at radius 3 is 2.68 bits per heavy atom. The molecule has 0 aliphatic rings. The molecule has 186 valence electrons. The lowest BCUT2D eigenvalue weighted by Crippen LogP contribution is -2.18. The summed E-state index contributed by atoms with van der Waals surface area (Å²) in [6, 6.07) is 15.5. The predicted octanol–water partition coefficient (Wildman–Crippen LogP) is 5.82. The third kappa shape index (κ3) is 4.81. The second-order valence-corrected chi connectivity index (χ2v) is 10.1. The van der Waals surface area contributed by atoms with Crippen LogP contribution >= 0.6 is 0 Å². The standard InChI is InChI=1S/C28H29BFN7/c1-17-14-19(37-23-9-7-6-8-22(23)34-35-37)10-11-21(17)33-26-20(18(2)31-13-12-28(3,4)29)15-24-27(25(26)30)32-16-36(24)5/h6-11,14-16,31,33H,2,12-13H2,1,3-5H3. The van der Waals surface area contributed by atoms with Gasteiger partial charge in [0.2, 0.25) is 0 Å². The third-order valence-corrected chi connectivity index (χ3v) is 6.46. The van der Waals surface area contributed by atoms with Crippen LogP contribution in [0.25, 0.3) is 33.5 Å². The van der Waals surface area contributed by atoms with E-state index >= 15 is 4.39 Å². The fourth-order valence-corrected chi connectivity index (χ4v) is 4.33. The van der Waals surface area contributed by atoms with Crippen LogP contribution in [-0.2, 0) is 7.05 Å². The lowest BCUT2D eigenvalue weighted by atomic mass is 9.70. The average Bonchev–Trinajstić information content (AvgIpc) is 3.44. The van der Waals surface area contributed by atoms with Gasteiger partial charge < -0.3 is 15.2 Å². The molecule has 5 aromatic rings. The third-order valence-electron chi connectivity index (χ3n) is 6.46. The van der Waals surface area contributed by atoms with Crippen molar-refractivity contribution < 1.29 is 4.39 Å². The second-order valence-electron chi connectivity index (χ2n) is 10.1. The number of aromatic nitrogens is 5. The number of benzene rings is 3. The summed E-state index contributed by atoms with van der Waals surface area (Å²) < 4.78 is 19.5. The molecule has 0 saturated heterocycles. The van der Waals surface area contributed by atoms with E-state index in [1.54, 1.807) is 15.6 Å². The fourth-order valence-electron chi connectivity index (χ4n) is 4.33. The number of fused-ring (bicyclic) bond motifs is 2. The summed E-state index contributed by atoms with van der Waals surface area (Å²) in [5.41, 5.74) is 6.84. The summed E-state index contributed by atoms with van der Waals surface area (Å²) in [5.74, 6) is -0.430. The Balaban J connectivity index is 1.51. The summed E-state index contributed by atoms with van der Waals surface area (Å²) >= 11 is 0. The monoisotopic (exact) mass is 493 g/mol. The highest BCUT2D eigenvalue weighted by Crippen LogP contribution is 2.35. The number of anilines is 2. The van der Waals surface area contributed by atoms with Crippen molar-refractivity contribution in [1.29, 1.82) is 0 Å². The average molecular weight is 493 g/mol. The van der Waals surface area contributed by atoms with E-state index in [0.29, 0.717) is 34.5 Å². The first-order chi connectivity index (χ1) is 17.6. The number of nitrogens with zero attached hydrogens (tertiary/aromatic N) is 5.